The predicted molar refractivity (Wildman–Crippen MR) is 77.3 cm³/mol. The van der Waals surface area contributed by atoms with Crippen LogP contribution >= 0.6 is 0 Å². The van der Waals surface area contributed by atoms with Gasteiger partial charge >= 0.3 is 0 Å². The van der Waals surface area contributed by atoms with Crippen LogP contribution in [-0.4, -0.2) is 10.1 Å². The van der Waals surface area contributed by atoms with Gasteiger partial charge in [-0.3, -0.25) is 0 Å². The molecule has 1 atom stereocenters. The first-order chi connectivity index (χ1) is 9.58. The summed E-state index contributed by atoms with van der Waals surface area (Å²) in [6.45, 7) is 4.32. The highest BCUT2D eigenvalue weighted by molar-refractivity contribution is 5.29. The number of aromatic nitrogens is 2. The van der Waals surface area contributed by atoms with Gasteiger partial charge in [-0.05, 0) is 43.2 Å². The van der Waals surface area contributed by atoms with Gasteiger partial charge in [-0.15, -0.1) is 0 Å². The molecule has 4 heteroatoms. The van der Waals surface area contributed by atoms with Gasteiger partial charge in [-0.1, -0.05) is 36.3 Å². The van der Waals surface area contributed by atoms with Crippen LogP contribution < -0.4 is 5.73 Å². The van der Waals surface area contributed by atoms with Gasteiger partial charge in [-0.25, -0.2) is 0 Å². The Morgan fingerprint density at radius 1 is 1.35 bits per heavy atom. The van der Waals surface area contributed by atoms with E-state index in [1.54, 1.807) is 0 Å². The number of rotatable bonds is 4. The molecule has 1 heterocycles. The zero-order chi connectivity index (χ0) is 14.2. The second-order valence-corrected chi connectivity index (χ2v) is 5.98. The second kappa shape index (κ2) is 5.02. The molecule has 0 radical (unpaired) electrons. The summed E-state index contributed by atoms with van der Waals surface area (Å²) >= 11 is 0. The molecule has 0 saturated heterocycles. The van der Waals surface area contributed by atoms with Gasteiger partial charge in [0.25, 0.3) is 0 Å². The van der Waals surface area contributed by atoms with Crippen molar-refractivity contribution in [3.63, 3.8) is 0 Å². The monoisotopic (exact) mass is 271 g/mol. The molecule has 1 aromatic heterocycles. The summed E-state index contributed by atoms with van der Waals surface area (Å²) in [6, 6.07) is 8.42. The van der Waals surface area contributed by atoms with E-state index in [-0.39, 0.29) is 5.54 Å². The molecule has 1 fully saturated rings. The summed E-state index contributed by atoms with van der Waals surface area (Å²) in [5.74, 6) is 1.72. The molecule has 1 saturated carbocycles. The molecule has 1 aliphatic rings. The molecule has 1 unspecified atom stereocenters. The first-order valence-electron chi connectivity index (χ1n) is 7.26. The predicted octanol–water partition coefficient (Wildman–Crippen LogP) is 3.06. The topological polar surface area (TPSA) is 64.9 Å². The summed E-state index contributed by atoms with van der Waals surface area (Å²) in [7, 11) is 0. The van der Waals surface area contributed by atoms with Crippen LogP contribution in [0.2, 0.25) is 0 Å². The molecule has 0 amide bonds. The normalized spacial score (nSPS) is 18.6. The Balaban J connectivity index is 1.73. The second-order valence-electron chi connectivity index (χ2n) is 5.98. The van der Waals surface area contributed by atoms with Gasteiger partial charge in [0.05, 0.1) is 5.54 Å². The Hall–Kier alpha value is -1.68. The highest BCUT2D eigenvalue weighted by Crippen LogP contribution is 2.37. The largest absolute Gasteiger partial charge is 0.339 e. The zero-order valence-electron chi connectivity index (χ0n) is 12.1. The lowest BCUT2D eigenvalue weighted by atomic mass is 9.77. The van der Waals surface area contributed by atoms with Crippen molar-refractivity contribution in [2.75, 3.05) is 0 Å². The Morgan fingerprint density at radius 2 is 2.10 bits per heavy atom. The molecule has 3 rings (SSSR count). The average molecular weight is 271 g/mol. The van der Waals surface area contributed by atoms with Crippen LogP contribution in [0.4, 0.5) is 0 Å². The molecular weight excluding hydrogens is 250 g/mol. The summed E-state index contributed by atoms with van der Waals surface area (Å²) in [4.78, 5) is 4.50. The fourth-order valence-corrected chi connectivity index (χ4v) is 2.83. The van der Waals surface area contributed by atoms with Gasteiger partial charge in [-0.2, -0.15) is 4.98 Å². The zero-order valence-corrected chi connectivity index (χ0v) is 12.1. The Kier molecular flexibility index (Phi) is 3.34. The quantitative estimate of drug-likeness (QED) is 0.928. The lowest BCUT2D eigenvalue weighted by Crippen LogP contribution is -2.44. The third-order valence-corrected chi connectivity index (χ3v) is 4.36. The number of hydrogen-bond donors (Lipinski definition) is 1. The third-order valence-electron chi connectivity index (χ3n) is 4.36. The molecule has 106 valence electrons. The Morgan fingerprint density at radius 3 is 2.75 bits per heavy atom. The van der Waals surface area contributed by atoms with E-state index in [9.17, 15) is 0 Å². The van der Waals surface area contributed by atoms with Gasteiger partial charge in [0, 0.05) is 6.42 Å². The van der Waals surface area contributed by atoms with E-state index in [4.69, 9.17) is 10.3 Å². The summed E-state index contributed by atoms with van der Waals surface area (Å²) in [6.07, 6.45) is 3.83. The van der Waals surface area contributed by atoms with Crippen molar-refractivity contribution in [3.8, 4) is 0 Å². The van der Waals surface area contributed by atoms with Crippen molar-refractivity contribution in [2.45, 2.75) is 51.0 Å². The van der Waals surface area contributed by atoms with Gasteiger partial charge in [0.15, 0.2) is 5.82 Å². The fourth-order valence-electron chi connectivity index (χ4n) is 2.83. The van der Waals surface area contributed by atoms with Crippen LogP contribution in [0.1, 0.15) is 54.9 Å². The molecule has 2 N–H and O–H groups in total. The van der Waals surface area contributed by atoms with Crippen LogP contribution in [0.15, 0.2) is 28.8 Å². The minimum absolute atomic E-state index is 0.340. The van der Waals surface area contributed by atoms with E-state index in [0.717, 1.165) is 25.7 Å². The maximum Gasteiger partial charge on any atom is 0.227 e. The molecule has 0 spiro atoms. The van der Waals surface area contributed by atoms with E-state index in [2.05, 4.69) is 48.3 Å². The number of nitrogens with zero attached hydrogens (tertiary/aromatic N) is 2. The Bertz CT molecular complexity index is 601. The molecule has 0 bridgehead atoms. The van der Waals surface area contributed by atoms with Crippen molar-refractivity contribution in [2.24, 2.45) is 5.73 Å². The van der Waals surface area contributed by atoms with Crippen molar-refractivity contribution < 1.29 is 4.52 Å². The van der Waals surface area contributed by atoms with E-state index in [1.807, 2.05) is 0 Å². The molecule has 2 aromatic rings. The maximum atomic E-state index is 6.22. The van der Waals surface area contributed by atoms with Crippen LogP contribution in [-0.2, 0) is 12.0 Å². The average Bonchev–Trinajstić information content (AvgIpc) is 2.85. The third kappa shape index (κ3) is 2.36. The highest BCUT2D eigenvalue weighted by atomic mass is 16.5. The number of hydrogen-bond acceptors (Lipinski definition) is 4. The van der Waals surface area contributed by atoms with E-state index >= 15 is 0 Å². The van der Waals surface area contributed by atoms with E-state index in [0.29, 0.717) is 17.6 Å². The minimum Gasteiger partial charge on any atom is -0.339 e. The van der Waals surface area contributed by atoms with E-state index < -0.39 is 0 Å². The van der Waals surface area contributed by atoms with Gasteiger partial charge < -0.3 is 10.3 Å². The van der Waals surface area contributed by atoms with Crippen molar-refractivity contribution in [1.29, 1.82) is 0 Å². The van der Waals surface area contributed by atoms with E-state index in [1.165, 1.54) is 11.1 Å². The molecule has 1 aliphatic carbocycles. The number of benzene rings is 1. The SMILES string of the molecule is Cc1ccccc1C(C)Cc1nc(C2(N)CCC2)no1. The molecular formula is C16H21N3O. The van der Waals surface area contributed by atoms with Crippen LogP contribution in [0.3, 0.4) is 0 Å². The first-order valence-corrected chi connectivity index (χ1v) is 7.26. The lowest BCUT2D eigenvalue weighted by molar-refractivity contribution is 0.229. The smallest absolute Gasteiger partial charge is 0.227 e. The molecule has 1 aromatic carbocycles. The summed E-state index contributed by atoms with van der Waals surface area (Å²) in [5.41, 5.74) is 8.51. The standard InChI is InChI=1S/C16H21N3O/c1-11-6-3-4-7-13(11)12(2)10-14-18-15(19-20-14)16(17)8-5-9-16/h3-4,6-7,12H,5,8-10,17H2,1-2H3. The summed E-state index contributed by atoms with van der Waals surface area (Å²) in [5, 5.41) is 4.07. The van der Waals surface area contributed by atoms with Crippen molar-refractivity contribution in [3.05, 3.63) is 47.1 Å². The van der Waals surface area contributed by atoms with Crippen molar-refractivity contribution in [1.82, 2.24) is 10.1 Å². The molecule has 20 heavy (non-hydrogen) atoms. The molecule has 0 aliphatic heterocycles. The van der Waals surface area contributed by atoms with Gasteiger partial charge in [0.2, 0.25) is 5.89 Å². The Labute approximate surface area is 119 Å². The number of aryl methyl sites for hydroxylation is 1. The lowest BCUT2D eigenvalue weighted by Gasteiger charge is -2.34. The van der Waals surface area contributed by atoms with Crippen LogP contribution in [0, 0.1) is 6.92 Å². The van der Waals surface area contributed by atoms with Gasteiger partial charge in [0.1, 0.15) is 0 Å². The van der Waals surface area contributed by atoms with Crippen LogP contribution in [0.25, 0.3) is 0 Å². The van der Waals surface area contributed by atoms with Crippen molar-refractivity contribution >= 4 is 0 Å². The molecule has 4 nitrogen and oxygen atoms in total. The minimum atomic E-state index is -0.340. The first kappa shape index (κ1) is 13.3. The number of nitrogens with two attached hydrogens (primary N) is 1. The summed E-state index contributed by atoms with van der Waals surface area (Å²) < 4.78 is 5.38. The highest BCUT2D eigenvalue weighted by Gasteiger charge is 2.39. The fraction of sp³-hybridized carbons (Fsp3) is 0.500. The van der Waals surface area contributed by atoms with Crippen LogP contribution in [0.5, 0.6) is 0 Å². The maximum absolute atomic E-state index is 6.22.